The van der Waals surface area contributed by atoms with Crippen molar-refractivity contribution in [3.8, 4) is 0 Å². The van der Waals surface area contributed by atoms with Crippen LogP contribution in [0.5, 0.6) is 0 Å². The van der Waals surface area contributed by atoms with Gasteiger partial charge in [-0.15, -0.1) is 0 Å². The number of urea groups is 1. The van der Waals surface area contributed by atoms with Gasteiger partial charge in [0.2, 0.25) is 0 Å². The zero-order chi connectivity index (χ0) is 12.8. The Morgan fingerprint density at radius 3 is 2.82 bits per heavy atom. The second-order valence-electron chi connectivity index (χ2n) is 3.02. The van der Waals surface area contributed by atoms with Crippen LogP contribution in [0.4, 0.5) is 16.2 Å². The standard InChI is InChI=1S/C9H11N5O3/c1-11-7-3-2-6(4-8(7)14(16)17)5-12-13-9(10)15/h2-5,11H,1H3,(H3,10,13,15)/b12-5-. The molecule has 1 aromatic carbocycles. The average Bonchev–Trinajstić information content (AvgIpc) is 2.28. The predicted octanol–water partition coefficient (Wildman–Crippen LogP) is 0.639. The number of hydrazone groups is 1. The smallest absolute Gasteiger partial charge is 0.332 e. The summed E-state index contributed by atoms with van der Waals surface area (Å²) >= 11 is 0. The highest BCUT2D eigenvalue weighted by Crippen LogP contribution is 2.24. The molecular weight excluding hydrogens is 226 g/mol. The first-order chi connectivity index (χ1) is 8.04. The summed E-state index contributed by atoms with van der Waals surface area (Å²) < 4.78 is 0. The van der Waals surface area contributed by atoms with Crippen LogP contribution in [0, 0.1) is 10.1 Å². The quantitative estimate of drug-likeness (QED) is 0.404. The van der Waals surface area contributed by atoms with Crippen LogP contribution in [-0.4, -0.2) is 24.2 Å². The minimum Gasteiger partial charge on any atom is -0.383 e. The molecule has 0 unspecified atom stereocenters. The van der Waals surface area contributed by atoms with E-state index < -0.39 is 11.0 Å². The second kappa shape index (κ2) is 5.45. The number of amides is 2. The molecule has 8 nitrogen and oxygen atoms in total. The fourth-order valence-electron chi connectivity index (χ4n) is 1.16. The molecule has 0 aliphatic rings. The van der Waals surface area contributed by atoms with Gasteiger partial charge in [0.25, 0.3) is 5.69 Å². The highest BCUT2D eigenvalue weighted by Gasteiger charge is 2.12. The van der Waals surface area contributed by atoms with Gasteiger partial charge >= 0.3 is 6.03 Å². The summed E-state index contributed by atoms with van der Waals surface area (Å²) in [5, 5.41) is 17.0. The first-order valence-electron chi connectivity index (χ1n) is 4.59. The van der Waals surface area contributed by atoms with Crippen LogP contribution < -0.4 is 16.5 Å². The highest BCUT2D eigenvalue weighted by atomic mass is 16.6. The van der Waals surface area contributed by atoms with Crippen LogP contribution in [0.25, 0.3) is 0 Å². The van der Waals surface area contributed by atoms with Crippen molar-refractivity contribution in [2.24, 2.45) is 10.8 Å². The third-order valence-electron chi connectivity index (χ3n) is 1.88. The van der Waals surface area contributed by atoms with E-state index >= 15 is 0 Å². The lowest BCUT2D eigenvalue weighted by molar-refractivity contribution is -0.383. The Bertz CT molecular complexity index is 472. The Morgan fingerprint density at radius 2 is 2.29 bits per heavy atom. The number of nitro benzene ring substituents is 1. The molecule has 0 spiro atoms. The van der Waals surface area contributed by atoms with E-state index in [1.54, 1.807) is 19.2 Å². The number of nitro groups is 1. The van der Waals surface area contributed by atoms with Crippen molar-refractivity contribution in [1.29, 1.82) is 0 Å². The molecule has 1 rings (SSSR count). The summed E-state index contributed by atoms with van der Waals surface area (Å²) in [4.78, 5) is 20.6. The minimum absolute atomic E-state index is 0.0736. The molecular formula is C9H11N5O3. The molecule has 0 bridgehead atoms. The lowest BCUT2D eigenvalue weighted by Crippen LogP contribution is -2.24. The Hall–Kier alpha value is -2.64. The number of carbonyl (C=O) groups is 1. The lowest BCUT2D eigenvalue weighted by atomic mass is 10.2. The van der Waals surface area contributed by atoms with E-state index in [0.717, 1.165) is 0 Å². The fourth-order valence-corrected chi connectivity index (χ4v) is 1.16. The molecule has 2 amide bonds. The van der Waals surface area contributed by atoms with Gasteiger partial charge < -0.3 is 11.1 Å². The maximum Gasteiger partial charge on any atom is 0.332 e. The third kappa shape index (κ3) is 3.45. The van der Waals surface area contributed by atoms with Gasteiger partial charge in [-0.1, -0.05) is 6.07 Å². The topological polar surface area (TPSA) is 123 Å². The van der Waals surface area contributed by atoms with Crippen LogP contribution >= 0.6 is 0 Å². The van der Waals surface area contributed by atoms with Crippen molar-refractivity contribution in [3.05, 3.63) is 33.9 Å². The summed E-state index contributed by atoms with van der Waals surface area (Å²) in [7, 11) is 1.59. The number of hydrogen-bond acceptors (Lipinski definition) is 5. The van der Waals surface area contributed by atoms with E-state index in [0.29, 0.717) is 11.3 Å². The number of primary amides is 1. The number of benzene rings is 1. The van der Waals surface area contributed by atoms with E-state index in [4.69, 9.17) is 5.73 Å². The molecule has 0 fully saturated rings. The van der Waals surface area contributed by atoms with E-state index in [2.05, 4.69) is 10.4 Å². The molecule has 0 radical (unpaired) electrons. The van der Waals surface area contributed by atoms with Gasteiger partial charge in [0.1, 0.15) is 5.69 Å². The molecule has 0 saturated heterocycles. The molecule has 1 aromatic rings. The molecule has 0 aromatic heterocycles. The van der Waals surface area contributed by atoms with Gasteiger partial charge in [0.05, 0.1) is 11.1 Å². The molecule has 0 aliphatic heterocycles. The Balaban J connectivity index is 2.96. The van der Waals surface area contributed by atoms with Gasteiger partial charge in [0.15, 0.2) is 0 Å². The molecule has 8 heteroatoms. The SMILES string of the molecule is CNc1ccc(/C=N\NC(N)=O)cc1[N+](=O)[O-]. The summed E-state index contributed by atoms with van der Waals surface area (Å²) in [5.74, 6) is 0. The summed E-state index contributed by atoms with van der Waals surface area (Å²) in [6, 6.07) is 3.69. The van der Waals surface area contributed by atoms with Crippen LogP contribution in [0.1, 0.15) is 5.56 Å². The Morgan fingerprint density at radius 1 is 1.59 bits per heavy atom. The number of nitrogens with one attached hydrogen (secondary N) is 2. The first kappa shape index (κ1) is 12.4. The van der Waals surface area contributed by atoms with Crippen molar-refractivity contribution in [2.45, 2.75) is 0 Å². The van der Waals surface area contributed by atoms with Crippen molar-refractivity contribution in [3.63, 3.8) is 0 Å². The first-order valence-corrected chi connectivity index (χ1v) is 4.59. The van der Waals surface area contributed by atoms with Gasteiger partial charge in [0, 0.05) is 18.7 Å². The monoisotopic (exact) mass is 237 g/mol. The van der Waals surface area contributed by atoms with Crippen molar-refractivity contribution >= 4 is 23.6 Å². The molecule has 0 atom stereocenters. The number of anilines is 1. The normalized spacial score (nSPS) is 10.2. The van der Waals surface area contributed by atoms with Crippen LogP contribution in [0.2, 0.25) is 0 Å². The Labute approximate surface area is 96.6 Å². The molecule has 0 aliphatic carbocycles. The van der Waals surface area contributed by atoms with E-state index in [1.165, 1.54) is 12.3 Å². The van der Waals surface area contributed by atoms with Crippen LogP contribution in [-0.2, 0) is 0 Å². The highest BCUT2D eigenvalue weighted by molar-refractivity contribution is 5.84. The molecule has 4 N–H and O–H groups in total. The van der Waals surface area contributed by atoms with E-state index in [-0.39, 0.29) is 5.69 Å². The minimum atomic E-state index is -0.803. The van der Waals surface area contributed by atoms with Gasteiger partial charge in [-0.05, 0) is 6.07 Å². The van der Waals surface area contributed by atoms with Gasteiger partial charge in [-0.2, -0.15) is 5.10 Å². The summed E-state index contributed by atoms with van der Waals surface area (Å²) in [6.45, 7) is 0. The number of nitrogens with two attached hydrogens (primary N) is 1. The van der Waals surface area contributed by atoms with Gasteiger partial charge in [-0.25, -0.2) is 10.2 Å². The van der Waals surface area contributed by atoms with Crippen molar-refractivity contribution in [2.75, 3.05) is 12.4 Å². The number of rotatable bonds is 4. The molecule has 0 heterocycles. The molecule has 90 valence electrons. The molecule has 17 heavy (non-hydrogen) atoms. The second-order valence-corrected chi connectivity index (χ2v) is 3.02. The maximum absolute atomic E-state index is 10.7. The zero-order valence-corrected chi connectivity index (χ0v) is 9.01. The zero-order valence-electron chi connectivity index (χ0n) is 9.01. The third-order valence-corrected chi connectivity index (χ3v) is 1.88. The largest absolute Gasteiger partial charge is 0.383 e. The number of hydrogen-bond donors (Lipinski definition) is 3. The summed E-state index contributed by atoms with van der Waals surface area (Å²) in [5.41, 5.74) is 7.59. The maximum atomic E-state index is 10.7. The Kier molecular flexibility index (Phi) is 3.98. The summed E-state index contributed by atoms with van der Waals surface area (Å²) in [6.07, 6.45) is 1.26. The number of carbonyl (C=O) groups excluding carboxylic acids is 1. The van der Waals surface area contributed by atoms with Crippen LogP contribution in [0.3, 0.4) is 0 Å². The van der Waals surface area contributed by atoms with Crippen LogP contribution in [0.15, 0.2) is 23.3 Å². The average molecular weight is 237 g/mol. The van der Waals surface area contributed by atoms with Crippen molar-refractivity contribution < 1.29 is 9.72 Å². The fraction of sp³-hybridized carbons (Fsp3) is 0.111. The lowest BCUT2D eigenvalue weighted by Gasteiger charge is -2.02. The molecule has 0 saturated carbocycles. The van der Waals surface area contributed by atoms with E-state index in [1.807, 2.05) is 5.43 Å². The predicted molar refractivity (Wildman–Crippen MR) is 63.0 cm³/mol. The number of nitrogens with zero attached hydrogens (tertiary/aromatic N) is 2. The van der Waals surface area contributed by atoms with E-state index in [9.17, 15) is 14.9 Å². The van der Waals surface area contributed by atoms with Crippen molar-refractivity contribution in [1.82, 2.24) is 5.43 Å². The van der Waals surface area contributed by atoms with Gasteiger partial charge in [-0.3, -0.25) is 10.1 Å².